The number of sulfonamides is 1. The van der Waals surface area contributed by atoms with Gasteiger partial charge in [0.2, 0.25) is 21.5 Å². The van der Waals surface area contributed by atoms with Crippen LogP contribution in [0.1, 0.15) is 5.69 Å². The number of halogens is 1. The second-order valence-corrected chi connectivity index (χ2v) is 6.57. The summed E-state index contributed by atoms with van der Waals surface area (Å²) < 4.78 is 34.6. The molecule has 10 heteroatoms. The summed E-state index contributed by atoms with van der Waals surface area (Å²) in [6.07, 6.45) is 0.00648. The average Bonchev–Trinajstić information content (AvgIpc) is 2.69. The third-order valence-electron chi connectivity index (χ3n) is 2.53. The molecule has 22 heavy (non-hydrogen) atoms. The minimum absolute atomic E-state index is 0.0539. The van der Waals surface area contributed by atoms with Crippen LogP contribution in [-0.2, 0) is 10.0 Å². The summed E-state index contributed by atoms with van der Waals surface area (Å²) >= 11 is 6.12. The number of aromatic nitrogens is 1. The Morgan fingerprint density at radius 2 is 2.14 bits per heavy atom. The van der Waals surface area contributed by atoms with E-state index < -0.39 is 16.1 Å². The van der Waals surface area contributed by atoms with Crippen molar-refractivity contribution in [1.82, 2.24) is 5.16 Å². The SMILES string of the molecule is Cc1noc(-c2ccc(NS(C)(=O)=O)cc2Cl)c1OC(N)=O. The lowest BCUT2D eigenvalue weighted by molar-refractivity contribution is 0.210. The first-order valence-electron chi connectivity index (χ1n) is 5.88. The van der Waals surface area contributed by atoms with Gasteiger partial charge in [-0.25, -0.2) is 13.2 Å². The first-order chi connectivity index (χ1) is 10.2. The van der Waals surface area contributed by atoms with Gasteiger partial charge in [-0.15, -0.1) is 0 Å². The van der Waals surface area contributed by atoms with Gasteiger partial charge in [0, 0.05) is 11.3 Å². The van der Waals surface area contributed by atoms with Crippen molar-refractivity contribution in [2.75, 3.05) is 11.0 Å². The van der Waals surface area contributed by atoms with Crippen molar-refractivity contribution in [2.24, 2.45) is 5.73 Å². The molecule has 0 unspecified atom stereocenters. The number of nitrogens with one attached hydrogen (secondary N) is 1. The van der Waals surface area contributed by atoms with E-state index in [2.05, 4.69) is 9.88 Å². The van der Waals surface area contributed by atoms with E-state index in [4.69, 9.17) is 26.6 Å². The van der Waals surface area contributed by atoms with Gasteiger partial charge < -0.3 is 15.0 Å². The van der Waals surface area contributed by atoms with Gasteiger partial charge in [-0.05, 0) is 25.1 Å². The molecule has 0 aliphatic heterocycles. The third kappa shape index (κ3) is 3.68. The number of hydrogen-bond donors (Lipinski definition) is 2. The number of amides is 1. The van der Waals surface area contributed by atoms with Crippen LogP contribution >= 0.6 is 11.6 Å². The highest BCUT2D eigenvalue weighted by Gasteiger charge is 2.21. The molecule has 2 rings (SSSR count). The van der Waals surface area contributed by atoms with Gasteiger partial charge in [0.1, 0.15) is 5.69 Å². The largest absolute Gasteiger partial charge is 0.410 e. The summed E-state index contributed by atoms with van der Waals surface area (Å²) in [5.41, 5.74) is 5.97. The molecule has 1 heterocycles. The normalized spacial score (nSPS) is 11.2. The molecule has 0 saturated heterocycles. The zero-order chi connectivity index (χ0) is 16.5. The second kappa shape index (κ2) is 5.85. The third-order valence-corrected chi connectivity index (χ3v) is 3.45. The average molecular weight is 346 g/mol. The van der Waals surface area contributed by atoms with Gasteiger partial charge in [-0.1, -0.05) is 16.8 Å². The Hall–Kier alpha value is -2.26. The van der Waals surface area contributed by atoms with Crippen molar-refractivity contribution in [3.8, 4) is 17.1 Å². The Balaban J connectivity index is 2.44. The number of primary amides is 1. The number of hydrogen-bond acceptors (Lipinski definition) is 6. The van der Waals surface area contributed by atoms with Crippen molar-refractivity contribution < 1.29 is 22.5 Å². The Bertz CT molecular complexity index is 831. The highest BCUT2D eigenvalue weighted by Crippen LogP contribution is 2.38. The van der Waals surface area contributed by atoms with Crippen LogP contribution in [0.3, 0.4) is 0 Å². The van der Waals surface area contributed by atoms with Crippen molar-refractivity contribution in [1.29, 1.82) is 0 Å². The molecule has 8 nitrogen and oxygen atoms in total. The number of benzene rings is 1. The Kier molecular flexibility index (Phi) is 4.29. The van der Waals surface area contributed by atoms with Crippen LogP contribution in [-0.4, -0.2) is 25.9 Å². The first-order valence-corrected chi connectivity index (χ1v) is 8.15. The van der Waals surface area contributed by atoms with E-state index in [1.54, 1.807) is 6.92 Å². The van der Waals surface area contributed by atoms with Crippen LogP contribution < -0.4 is 15.2 Å². The molecule has 0 aliphatic rings. The van der Waals surface area contributed by atoms with Crippen LogP contribution in [0.4, 0.5) is 10.5 Å². The van der Waals surface area contributed by atoms with Crippen LogP contribution in [0.25, 0.3) is 11.3 Å². The molecule has 2 aromatic rings. The Morgan fingerprint density at radius 1 is 1.45 bits per heavy atom. The zero-order valence-corrected chi connectivity index (χ0v) is 13.2. The van der Waals surface area contributed by atoms with Gasteiger partial charge in [0.15, 0.2) is 0 Å². The predicted molar refractivity (Wildman–Crippen MR) is 80.4 cm³/mol. The van der Waals surface area contributed by atoms with E-state index in [0.29, 0.717) is 11.3 Å². The highest BCUT2D eigenvalue weighted by atomic mass is 35.5. The molecule has 3 N–H and O–H groups in total. The minimum Gasteiger partial charge on any atom is -0.404 e. The second-order valence-electron chi connectivity index (χ2n) is 4.42. The fraction of sp³-hybridized carbons (Fsp3) is 0.167. The molecule has 0 atom stereocenters. The summed E-state index contributed by atoms with van der Waals surface area (Å²) in [5, 5.41) is 3.87. The molecule has 118 valence electrons. The molecule has 1 aromatic heterocycles. The van der Waals surface area contributed by atoms with E-state index in [9.17, 15) is 13.2 Å². The van der Waals surface area contributed by atoms with Gasteiger partial charge in [0.25, 0.3) is 0 Å². The van der Waals surface area contributed by atoms with Gasteiger partial charge in [-0.2, -0.15) is 0 Å². The van der Waals surface area contributed by atoms with Crippen LogP contribution in [0.5, 0.6) is 5.75 Å². The van der Waals surface area contributed by atoms with E-state index in [-0.39, 0.29) is 22.2 Å². The standard InChI is InChI=1S/C12H12ClN3O5S/c1-6-10(20-12(14)17)11(21-15-6)8-4-3-7(5-9(8)13)16-22(2,18)19/h3-5,16H,1-2H3,(H2,14,17). The maximum absolute atomic E-state index is 11.2. The van der Waals surface area contributed by atoms with Crippen LogP contribution in [0.2, 0.25) is 5.02 Å². The lowest BCUT2D eigenvalue weighted by Gasteiger charge is -2.07. The number of carbonyl (C=O) groups is 1. The summed E-state index contributed by atoms with van der Waals surface area (Å²) in [7, 11) is -3.42. The maximum Gasteiger partial charge on any atom is 0.410 e. The molecule has 0 spiro atoms. The quantitative estimate of drug-likeness (QED) is 0.874. The number of carbonyl (C=O) groups excluding carboxylic acids is 1. The van der Waals surface area contributed by atoms with Crippen molar-refractivity contribution >= 4 is 33.4 Å². The fourth-order valence-corrected chi connectivity index (χ4v) is 2.55. The van der Waals surface area contributed by atoms with Gasteiger partial charge >= 0.3 is 6.09 Å². The van der Waals surface area contributed by atoms with Crippen molar-refractivity contribution in [2.45, 2.75) is 6.92 Å². The fourth-order valence-electron chi connectivity index (χ4n) is 1.73. The molecule has 1 amide bonds. The molecule has 0 fully saturated rings. The number of aryl methyl sites for hydroxylation is 1. The molecule has 0 saturated carbocycles. The lowest BCUT2D eigenvalue weighted by atomic mass is 10.1. The molecule has 0 radical (unpaired) electrons. The zero-order valence-electron chi connectivity index (χ0n) is 11.6. The molecule has 1 aromatic carbocycles. The number of rotatable bonds is 4. The van der Waals surface area contributed by atoms with E-state index in [1.807, 2.05) is 0 Å². The first kappa shape index (κ1) is 16.1. The monoisotopic (exact) mass is 345 g/mol. The van der Waals surface area contributed by atoms with Crippen LogP contribution in [0.15, 0.2) is 22.7 Å². The van der Waals surface area contributed by atoms with Crippen molar-refractivity contribution in [3.05, 3.63) is 28.9 Å². The van der Waals surface area contributed by atoms with Gasteiger partial charge in [0.05, 0.1) is 11.3 Å². The molecular weight excluding hydrogens is 334 g/mol. The highest BCUT2D eigenvalue weighted by molar-refractivity contribution is 7.92. The van der Waals surface area contributed by atoms with Gasteiger partial charge in [-0.3, -0.25) is 4.72 Å². The smallest absolute Gasteiger partial charge is 0.404 e. The summed E-state index contributed by atoms with van der Waals surface area (Å²) in [4.78, 5) is 10.9. The molecule has 0 bridgehead atoms. The van der Waals surface area contributed by atoms with E-state index in [0.717, 1.165) is 6.26 Å². The molecule has 0 aliphatic carbocycles. The number of anilines is 1. The van der Waals surface area contributed by atoms with E-state index in [1.165, 1.54) is 18.2 Å². The lowest BCUT2D eigenvalue weighted by Crippen LogP contribution is -2.16. The summed E-state index contributed by atoms with van der Waals surface area (Å²) in [5.74, 6) is 0.172. The Morgan fingerprint density at radius 3 is 2.68 bits per heavy atom. The number of nitrogens with zero attached hydrogens (tertiary/aromatic N) is 1. The topological polar surface area (TPSA) is 125 Å². The summed E-state index contributed by atoms with van der Waals surface area (Å²) in [6, 6.07) is 4.38. The van der Waals surface area contributed by atoms with Crippen molar-refractivity contribution in [3.63, 3.8) is 0 Å². The number of ether oxygens (including phenoxy) is 1. The maximum atomic E-state index is 11.2. The molecular formula is C12H12ClN3O5S. The predicted octanol–water partition coefficient (Wildman–Crippen LogP) is 2.13. The minimum atomic E-state index is -3.42. The van der Waals surface area contributed by atoms with E-state index >= 15 is 0 Å². The van der Waals surface area contributed by atoms with Crippen LogP contribution in [0, 0.1) is 6.92 Å². The Labute approximate surface area is 131 Å². The number of nitrogens with two attached hydrogens (primary N) is 1. The summed E-state index contributed by atoms with van der Waals surface area (Å²) in [6.45, 7) is 1.57.